The molecule has 7 heteroatoms. The summed E-state index contributed by atoms with van der Waals surface area (Å²) in [7, 11) is 1.05. The minimum absolute atomic E-state index is 0.175. The second-order valence-corrected chi connectivity index (χ2v) is 4.11. The third-order valence-electron chi connectivity index (χ3n) is 2.58. The molecule has 1 aromatic rings. The van der Waals surface area contributed by atoms with E-state index in [1.807, 2.05) is 0 Å². The number of nitrogens with zero attached hydrogens (tertiary/aromatic N) is 1. The molecule has 0 atom stereocenters. The molecule has 1 rings (SSSR count). The minimum Gasteiger partial charge on any atom is -0.336 e. The van der Waals surface area contributed by atoms with E-state index in [1.54, 1.807) is 24.3 Å². The van der Waals surface area contributed by atoms with Gasteiger partial charge in [-0.05, 0) is 11.1 Å². The molecule has 0 radical (unpaired) electrons. The monoisotopic (exact) mass is 278 g/mol. The number of benzene rings is 1. The maximum absolute atomic E-state index is 12.9. The van der Waals surface area contributed by atoms with E-state index in [4.69, 9.17) is 5.73 Å². The van der Waals surface area contributed by atoms with Crippen LogP contribution in [0, 0.1) is 0 Å². The molecule has 0 saturated carbocycles. The van der Waals surface area contributed by atoms with Crippen molar-refractivity contribution < 1.29 is 22.4 Å². The van der Waals surface area contributed by atoms with Gasteiger partial charge in [-0.3, -0.25) is 4.79 Å². The summed E-state index contributed by atoms with van der Waals surface area (Å²) in [5.41, 5.74) is 6.79. The Morgan fingerprint density at radius 2 is 1.74 bits per heavy atom. The van der Waals surface area contributed by atoms with Crippen molar-refractivity contribution in [2.45, 2.75) is 25.4 Å². The van der Waals surface area contributed by atoms with Crippen LogP contribution >= 0.6 is 0 Å². The Morgan fingerprint density at radius 1 is 1.26 bits per heavy atom. The van der Waals surface area contributed by atoms with E-state index in [0.717, 1.165) is 12.6 Å². The van der Waals surface area contributed by atoms with Crippen LogP contribution in [0.25, 0.3) is 0 Å². The van der Waals surface area contributed by atoms with Gasteiger partial charge in [0.05, 0.1) is 0 Å². The fraction of sp³-hybridized carbons (Fsp3) is 0.417. The molecule has 2 N–H and O–H groups in total. The molecule has 1 amide bonds. The van der Waals surface area contributed by atoms with Gasteiger partial charge >= 0.3 is 12.3 Å². The lowest BCUT2D eigenvalue weighted by atomic mass is 10.1. The fourth-order valence-electron chi connectivity index (χ4n) is 1.47. The van der Waals surface area contributed by atoms with E-state index in [9.17, 15) is 22.4 Å². The second-order valence-electron chi connectivity index (χ2n) is 4.11. The molecule has 0 unspecified atom stereocenters. The van der Waals surface area contributed by atoms with Crippen molar-refractivity contribution in [3.8, 4) is 0 Å². The lowest BCUT2D eigenvalue weighted by molar-refractivity contribution is -0.179. The summed E-state index contributed by atoms with van der Waals surface area (Å²) >= 11 is 0. The molecule has 0 fully saturated rings. The van der Waals surface area contributed by atoms with Gasteiger partial charge in [-0.15, -0.1) is 0 Å². The van der Waals surface area contributed by atoms with Gasteiger partial charge in [0.1, 0.15) is 0 Å². The van der Waals surface area contributed by atoms with E-state index in [-0.39, 0.29) is 6.54 Å². The zero-order chi connectivity index (χ0) is 14.6. The smallest absolute Gasteiger partial charge is 0.336 e. The number of carbonyl (C=O) groups excluding carboxylic acids is 1. The Labute approximate surface area is 108 Å². The number of hydrogen-bond donors (Lipinski definition) is 1. The van der Waals surface area contributed by atoms with Crippen molar-refractivity contribution in [2.75, 3.05) is 7.05 Å². The molecule has 0 saturated heterocycles. The van der Waals surface area contributed by atoms with Gasteiger partial charge in [0.15, 0.2) is 0 Å². The molecule has 19 heavy (non-hydrogen) atoms. The van der Waals surface area contributed by atoms with Crippen LogP contribution in [-0.4, -0.2) is 30.2 Å². The van der Waals surface area contributed by atoms with E-state index < -0.39 is 18.3 Å². The Morgan fingerprint density at radius 3 is 2.16 bits per heavy atom. The number of amides is 1. The van der Waals surface area contributed by atoms with Gasteiger partial charge in [-0.1, -0.05) is 24.3 Å². The molecule has 1 aromatic carbocycles. The van der Waals surface area contributed by atoms with Crippen LogP contribution in [0.1, 0.15) is 11.1 Å². The summed E-state index contributed by atoms with van der Waals surface area (Å²) in [5.74, 6) is -6.56. The molecular formula is C12H14F4N2O. The number of halogens is 4. The highest BCUT2D eigenvalue weighted by atomic mass is 19.3. The van der Waals surface area contributed by atoms with E-state index in [1.165, 1.54) is 0 Å². The number of hydrogen-bond acceptors (Lipinski definition) is 2. The van der Waals surface area contributed by atoms with Gasteiger partial charge in [-0.2, -0.15) is 8.78 Å². The highest BCUT2D eigenvalue weighted by molar-refractivity contribution is 5.83. The van der Waals surface area contributed by atoms with Crippen LogP contribution in [0.3, 0.4) is 0 Å². The molecular weight excluding hydrogens is 264 g/mol. The van der Waals surface area contributed by atoms with Crippen LogP contribution in [-0.2, 0) is 17.9 Å². The van der Waals surface area contributed by atoms with Crippen LogP contribution in [0.2, 0.25) is 0 Å². The normalized spacial score (nSPS) is 11.7. The van der Waals surface area contributed by atoms with Crippen LogP contribution in [0.15, 0.2) is 24.3 Å². The fourth-order valence-corrected chi connectivity index (χ4v) is 1.47. The zero-order valence-corrected chi connectivity index (χ0v) is 10.2. The highest BCUT2D eigenvalue weighted by Crippen LogP contribution is 2.25. The molecule has 0 spiro atoms. The summed E-state index contributed by atoms with van der Waals surface area (Å²) < 4.78 is 49.8. The average Bonchev–Trinajstić information content (AvgIpc) is 2.38. The Hall–Kier alpha value is -1.63. The number of alkyl halides is 4. The van der Waals surface area contributed by atoms with Crippen LogP contribution in [0.4, 0.5) is 17.6 Å². The van der Waals surface area contributed by atoms with Crippen molar-refractivity contribution in [1.82, 2.24) is 4.90 Å². The number of nitrogens with two attached hydrogens (primary N) is 1. The van der Waals surface area contributed by atoms with E-state index >= 15 is 0 Å². The zero-order valence-electron chi connectivity index (χ0n) is 10.2. The van der Waals surface area contributed by atoms with Gasteiger partial charge in [0.25, 0.3) is 5.91 Å². The largest absolute Gasteiger partial charge is 0.383 e. The topological polar surface area (TPSA) is 46.3 Å². The highest BCUT2D eigenvalue weighted by Gasteiger charge is 2.50. The number of rotatable bonds is 5. The SMILES string of the molecule is CN(Cc1ccc(CN)cc1)C(=O)C(F)(F)C(F)F. The molecule has 0 aliphatic rings. The standard InChI is InChI=1S/C12H14F4N2O/c1-18(11(19)12(15,16)10(13)14)7-9-4-2-8(6-17)3-5-9/h2-5,10H,6-7,17H2,1H3. The minimum atomic E-state index is -4.66. The third kappa shape index (κ3) is 3.66. The summed E-state index contributed by atoms with van der Waals surface area (Å²) in [6.45, 7) is 0.157. The van der Waals surface area contributed by atoms with Crippen molar-refractivity contribution in [2.24, 2.45) is 5.73 Å². The quantitative estimate of drug-likeness (QED) is 0.837. The van der Waals surface area contributed by atoms with Crippen LogP contribution < -0.4 is 5.73 Å². The maximum atomic E-state index is 12.9. The summed E-state index contributed by atoms with van der Waals surface area (Å²) in [6, 6.07) is 6.57. The molecule has 0 aliphatic heterocycles. The first-order valence-corrected chi connectivity index (χ1v) is 5.48. The maximum Gasteiger partial charge on any atom is 0.383 e. The Bertz CT molecular complexity index is 434. The molecule has 0 aliphatic carbocycles. The second kappa shape index (κ2) is 6.01. The van der Waals surface area contributed by atoms with Crippen molar-refractivity contribution in [3.63, 3.8) is 0 Å². The summed E-state index contributed by atoms with van der Waals surface area (Å²) in [6.07, 6.45) is -4.01. The first kappa shape index (κ1) is 15.4. The van der Waals surface area contributed by atoms with Crippen LogP contribution in [0.5, 0.6) is 0 Å². The lowest BCUT2D eigenvalue weighted by Gasteiger charge is -2.22. The van der Waals surface area contributed by atoms with Crippen molar-refractivity contribution >= 4 is 5.91 Å². The predicted molar refractivity (Wildman–Crippen MR) is 61.8 cm³/mol. The van der Waals surface area contributed by atoms with Gasteiger partial charge in [0, 0.05) is 20.1 Å². The molecule has 0 bridgehead atoms. The molecule has 0 heterocycles. The molecule has 3 nitrogen and oxygen atoms in total. The predicted octanol–water partition coefficient (Wildman–Crippen LogP) is 2.00. The Balaban J connectivity index is 2.73. The van der Waals surface area contributed by atoms with Gasteiger partial charge in [0.2, 0.25) is 0 Å². The van der Waals surface area contributed by atoms with Crippen molar-refractivity contribution in [1.29, 1.82) is 0 Å². The van der Waals surface area contributed by atoms with Gasteiger partial charge in [-0.25, -0.2) is 8.78 Å². The molecule has 106 valence electrons. The average molecular weight is 278 g/mol. The third-order valence-corrected chi connectivity index (χ3v) is 2.58. The summed E-state index contributed by atoms with van der Waals surface area (Å²) in [4.78, 5) is 11.8. The molecule has 0 aromatic heterocycles. The first-order valence-electron chi connectivity index (χ1n) is 5.48. The lowest BCUT2D eigenvalue weighted by Crippen LogP contribution is -2.45. The number of carbonyl (C=O) groups is 1. The van der Waals surface area contributed by atoms with Gasteiger partial charge < -0.3 is 10.6 Å². The summed E-state index contributed by atoms with van der Waals surface area (Å²) in [5, 5.41) is 0. The van der Waals surface area contributed by atoms with E-state index in [2.05, 4.69) is 0 Å². The van der Waals surface area contributed by atoms with E-state index in [0.29, 0.717) is 17.0 Å². The first-order chi connectivity index (χ1) is 8.78. The van der Waals surface area contributed by atoms with Crippen molar-refractivity contribution in [3.05, 3.63) is 35.4 Å². The Kier molecular flexibility index (Phi) is 4.88.